The normalized spacial score (nSPS) is 17.9. The second-order valence-corrected chi connectivity index (χ2v) is 5.46. The van der Waals surface area contributed by atoms with Crippen molar-refractivity contribution >= 4 is 28.9 Å². The van der Waals surface area contributed by atoms with Crippen molar-refractivity contribution in [3.05, 3.63) is 29.3 Å². The van der Waals surface area contributed by atoms with Gasteiger partial charge in [-0.15, -0.1) is 0 Å². The monoisotopic (exact) mass is 294 g/mol. The Morgan fingerprint density at radius 1 is 1.45 bits per heavy atom. The van der Waals surface area contributed by atoms with Gasteiger partial charge in [0, 0.05) is 12.4 Å². The summed E-state index contributed by atoms with van der Waals surface area (Å²) in [5.41, 5.74) is 1.25. The zero-order valence-corrected chi connectivity index (χ0v) is 11.5. The largest absolute Gasteiger partial charge is 0.550 e. The predicted octanol–water partition coefficient (Wildman–Crippen LogP) is -0.118. The minimum atomic E-state index is -1.20. The maximum Gasteiger partial charge on any atom is 0.286 e. The molecule has 2 rings (SSSR count). The van der Waals surface area contributed by atoms with E-state index in [2.05, 4.69) is 5.32 Å². The number of nitrogens with one attached hydrogen (secondary N) is 1. The third-order valence-corrected chi connectivity index (χ3v) is 3.85. The lowest BCUT2D eigenvalue weighted by molar-refractivity contribution is -0.304. The van der Waals surface area contributed by atoms with Gasteiger partial charge >= 0.3 is 0 Å². The first-order valence-electron chi connectivity index (χ1n) is 5.86. The Morgan fingerprint density at radius 3 is 2.75 bits per heavy atom. The summed E-state index contributed by atoms with van der Waals surface area (Å²) in [5, 5.41) is 12.1. The summed E-state index contributed by atoms with van der Waals surface area (Å²) in [6, 6.07) is 5.05. The van der Waals surface area contributed by atoms with Crippen LogP contribution in [0.5, 0.6) is 5.75 Å². The number of ether oxygens (including phenoxy) is 1. The second kappa shape index (κ2) is 5.96. The molecule has 1 aliphatic rings. The van der Waals surface area contributed by atoms with E-state index < -0.39 is 11.2 Å². The lowest BCUT2D eigenvalue weighted by Gasteiger charge is -2.12. The number of carboxylic acids is 1. The number of aliphatic carboxylic acids is 1. The lowest BCUT2D eigenvalue weighted by Crippen LogP contribution is -2.26. The van der Waals surface area contributed by atoms with Crippen LogP contribution < -0.4 is 15.2 Å². The van der Waals surface area contributed by atoms with Crippen molar-refractivity contribution < 1.29 is 24.2 Å². The standard InChI is InChI=1S/C13H13NO5S/c1-19-9-3-2-7(4-8(9)6-11(15)16)5-10-12(17)14-13(18)20-10/h2-4,10H,5-6H2,1H3,(H,15,16)(H,14,17,18)/p-1. The van der Waals surface area contributed by atoms with Crippen molar-refractivity contribution in [3.8, 4) is 5.75 Å². The van der Waals surface area contributed by atoms with Gasteiger partial charge in [-0.05, 0) is 23.6 Å². The molecular weight excluding hydrogens is 282 g/mol. The minimum absolute atomic E-state index is 0.264. The number of methoxy groups -OCH3 is 1. The van der Waals surface area contributed by atoms with E-state index >= 15 is 0 Å². The fraction of sp³-hybridized carbons (Fsp3) is 0.308. The molecule has 1 aromatic carbocycles. The fourth-order valence-electron chi connectivity index (χ4n) is 1.99. The Hall–Kier alpha value is -2.02. The van der Waals surface area contributed by atoms with Crippen LogP contribution in [0.4, 0.5) is 4.79 Å². The number of benzene rings is 1. The van der Waals surface area contributed by atoms with Crippen LogP contribution in [0.25, 0.3) is 0 Å². The molecule has 7 heteroatoms. The van der Waals surface area contributed by atoms with E-state index in [-0.39, 0.29) is 17.6 Å². The smallest absolute Gasteiger partial charge is 0.286 e. The van der Waals surface area contributed by atoms with E-state index in [0.717, 1.165) is 17.3 Å². The Kier molecular flexibility index (Phi) is 4.29. The highest BCUT2D eigenvalue weighted by atomic mass is 32.2. The number of carbonyl (C=O) groups excluding carboxylic acids is 3. The Bertz CT molecular complexity index is 572. The van der Waals surface area contributed by atoms with Crippen LogP contribution in [0.3, 0.4) is 0 Å². The molecule has 0 spiro atoms. The highest BCUT2D eigenvalue weighted by Gasteiger charge is 2.31. The molecule has 0 aromatic heterocycles. The van der Waals surface area contributed by atoms with Gasteiger partial charge in [0.25, 0.3) is 5.24 Å². The van der Waals surface area contributed by atoms with Gasteiger partial charge in [0.2, 0.25) is 5.91 Å². The summed E-state index contributed by atoms with van der Waals surface area (Å²) in [6.07, 6.45) is 0.0895. The van der Waals surface area contributed by atoms with Crippen LogP contribution in [0.1, 0.15) is 11.1 Å². The van der Waals surface area contributed by atoms with Gasteiger partial charge in [-0.1, -0.05) is 23.9 Å². The van der Waals surface area contributed by atoms with Crippen LogP contribution in [0.2, 0.25) is 0 Å². The molecule has 20 heavy (non-hydrogen) atoms. The van der Waals surface area contributed by atoms with E-state index in [1.165, 1.54) is 7.11 Å². The SMILES string of the molecule is COc1ccc(CC2SC(=O)NC2=O)cc1CC(=O)[O-]. The Labute approximate surface area is 119 Å². The van der Waals surface area contributed by atoms with Crippen LogP contribution in [0, 0.1) is 0 Å². The molecule has 1 saturated heterocycles. The molecule has 1 atom stereocenters. The van der Waals surface area contributed by atoms with Crippen molar-refractivity contribution in [3.63, 3.8) is 0 Å². The average Bonchev–Trinajstić information content (AvgIpc) is 2.67. The van der Waals surface area contributed by atoms with Gasteiger partial charge in [-0.3, -0.25) is 14.9 Å². The van der Waals surface area contributed by atoms with E-state index in [1.54, 1.807) is 18.2 Å². The van der Waals surface area contributed by atoms with Crippen LogP contribution in [0.15, 0.2) is 18.2 Å². The van der Waals surface area contributed by atoms with Gasteiger partial charge in [0.15, 0.2) is 0 Å². The van der Waals surface area contributed by atoms with Crippen molar-refractivity contribution in [1.82, 2.24) is 5.32 Å². The van der Waals surface area contributed by atoms with Gasteiger partial charge < -0.3 is 14.6 Å². The fourth-order valence-corrected chi connectivity index (χ4v) is 2.85. The topological polar surface area (TPSA) is 95.5 Å². The molecule has 106 valence electrons. The molecule has 0 bridgehead atoms. The van der Waals surface area contributed by atoms with E-state index in [4.69, 9.17) is 4.74 Å². The Balaban J connectivity index is 2.18. The molecule has 0 saturated carbocycles. The first-order chi connectivity index (χ1) is 9.49. The molecule has 2 amide bonds. The first kappa shape index (κ1) is 14.4. The lowest BCUT2D eigenvalue weighted by atomic mass is 10.0. The third kappa shape index (κ3) is 3.30. The van der Waals surface area contributed by atoms with Gasteiger partial charge in [-0.25, -0.2) is 0 Å². The van der Waals surface area contributed by atoms with Crippen LogP contribution >= 0.6 is 11.8 Å². The molecule has 1 fully saturated rings. The summed E-state index contributed by atoms with van der Waals surface area (Å²) in [4.78, 5) is 33.3. The van der Waals surface area contributed by atoms with E-state index in [9.17, 15) is 19.5 Å². The molecule has 1 aromatic rings. The number of imide groups is 1. The number of thioether (sulfide) groups is 1. The van der Waals surface area contributed by atoms with Crippen molar-refractivity contribution in [2.75, 3.05) is 7.11 Å². The third-order valence-electron chi connectivity index (χ3n) is 2.87. The van der Waals surface area contributed by atoms with Crippen molar-refractivity contribution in [2.24, 2.45) is 0 Å². The summed E-state index contributed by atoms with van der Waals surface area (Å²) >= 11 is 0.939. The highest BCUT2D eigenvalue weighted by molar-refractivity contribution is 8.15. The van der Waals surface area contributed by atoms with Crippen molar-refractivity contribution in [1.29, 1.82) is 0 Å². The molecule has 1 unspecified atom stereocenters. The maximum atomic E-state index is 11.5. The van der Waals surface area contributed by atoms with Gasteiger partial charge in [-0.2, -0.15) is 0 Å². The van der Waals surface area contributed by atoms with Crippen molar-refractivity contribution in [2.45, 2.75) is 18.1 Å². The number of hydrogen-bond acceptors (Lipinski definition) is 6. The number of carboxylic acid groups (broad SMARTS) is 1. The molecule has 0 radical (unpaired) electrons. The summed E-state index contributed by atoms with van der Waals surface area (Å²) in [5.74, 6) is -1.07. The summed E-state index contributed by atoms with van der Waals surface area (Å²) in [6.45, 7) is 0. The van der Waals surface area contributed by atoms with E-state index in [1.807, 2.05) is 0 Å². The maximum absolute atomic E-state index is 11.5. The van der Waals surface area contributed by atoms with Gasteiger partial charge in [0.05, 0.1) is 12.4 Å². The molecule has 1 N–H and O–H groups in total. The second-order valence-electron chi connectivity index (χ2n) is 4.28. The molecule has 1 heterocycles. The molecule has 0 aliphatic carbocycles. The molecule has 6 nitrogen and oxygen atoms in total. The minimum Gasteiger partial charge on any atom is -0.550 e. The Morgan fingerprint density at radius 2 is 2.20 bits per heavy atom. The summed E-state index contributed by atoms with van der Waals surface area (Å²) < 4.78 is 5.08. The zero-order valence-electron chi connectivity index (χ0n) is 10.7. The number of rotatable bonds is 5. The highest BCUT2D eigenvalue weighted by Crippen LogP contribution is 2.26. The zero-order chi connectivity index (χ0) is 14.7. The van der Waals surface area contributed by atoms with Crippen LogP contribution in [-0.4, -0.2) is 29.5 Å². The molecule has 1 aliphatic heterocycles. The summed E-state index contributed by atoms with van der Waals surface area (Å²) in [7, 11) is 1.45. The van der Waals surface area contributed by atoms with E-state index in [0.29, 0.717) is 17.7 Å². The number of hydrogen-bond donors (Lipinski definition) is 1. The average molecular weight is 294 g/mol. The van der Waals surface area contributed by atoms with Crippen LogP contribution in [-0.2, 0) is 22.4 Å². The number of carbonyl (C=O) groups is 3. The molecular formula is C13H12NO5S-. The predicted molar refractivity (Wildman–Crippen MR) is 70.3 cm³/mol. The first-order valence-corrected chi connectivity index (χ1v) is 6.74. The number of amides is 2. The quantitative estimate of drug-likeness (QED) is 0.813. The van der Waals surface area contributed by atoms with Gasteiger partial charge in [0.1, 0.15) is 5.75 Å².